The number of hydrogen-bond donors (Lipinski definition) is 0. The van der Waals surface area contributed by atoms with E-state index in [0.29, 0.717) is 22.5 Å². The molecule has 0 atom stereocenters. The smallest absolute Gasteiger partial charge is 0.336 e. The van der Waals surface area contributed by atoms with E-state index in [-0.39, 0.29) is 12.4 Å². The molecule has 0 aliphatic carbocycles. The third kappa shape index (κ3) is 3.71. The second-order valence-electron chi connectivity index (χ2n) is 7.26. The Morgan fingerprint density at radius 2 is 1.48 bits per heavy atom. The van der Waals surface area contributed by atoms with E-state index in [1.807, 2.05) is 54.6 Å². The minimum atomic E-state index is -0.412. The predicted octanol–water partition coefficient (Wildman–Crippen LogP) is 5.76. The van der Waals surface area contributed by atoms with Gasteiger partial charge in [-0.15, -0.1) is 0 Å². The predicted molar refractivity (Wildman–Crippen MR) is 121 cm³/mol. The molecule has 1 aromatic heterocycles. The van der Waals surface area contributed by atoms with Gasteiger partial charge in [0.15, 0.2) is 5.78 Å². The van der Waals surface area contributed by atoms with Crippen molar-refractivity contribution >= 4 is 27.5 Å². The number of hydrogen-bond acceptors (Lipinski definition) is 4. The van der Waals surface area contributed by atoms with Gasteiger partial charge < -0.3 is 9.15 Å². The molecule has 0 radical (unpaired) electrons. The molecule has 4 heteroatoms. The summed E-state index contributed by atoms with van der Waals surface area (Å²) in [7, 11) is 0. The van der Waals surface area contributed by atoms with Crippen molar-refractivity contribution in [1.29, 1.82) is 0 Å². The molecule has 0 unspecified atom stereocenters. The van der Waals surface area contributed by atoms with E-state index in [1.54, 1.807) is 36.4 Å². The van der Waals surface area contributed by atoms with Crippen molar-refractivity contribution < 1.29 is 13.9 Å². The summed E-state index contributed by atoms with van der Waals surface area (Å²) in [6.07, 6.45) is 0. The number of ether oxygens (including phenoxy) is 1. The van der Waals surface area contributed by atoms with Gasteiger partial charge in [0.1, 0.15) is 17.9 Å². The zero-order valence-corrected chi connectivity index (χ0v) is 16.6. The Morgan fingerprint density at radius 1 is 0.774 bits per heavy atom. The second-order valence-corrected chi connectivity index (χ2v) is 7.26. The zero-order valence-electron chi connectivity index (χ0n) is 16.6. The van der Waals surface area contributed by atoms with E-state index < -0.39 is 5.63 Å². The monoisotopic (exact) mass is 406 g/mol. The first-order valence-corrected chi connectivity index (χ1v) is 9.96. The van der Waals surface area contributed by atoms with Crippen molar-refractivity contribution in [3.8, 4) is 5.75 Å². The van der Waals surface area contributed by atoms with Gasteiger partial charge in [0, 0.05) is 28.1 Å². The topological polar surface area (TPSA) is 56.5 Å². The summed E-state index contributed by atoms with van der Waals surface area (Å²) in [5.41, 5.74) is 2.12. The molecule has 5 aromatic rings. The van der Waals surface area contributed by atoms with Gasteiger partial charge in [-0.25, -0.2) is 4.79 Å². The largest absolute Gasteiger partial charge is 0.489 e. The minimum Gasteiger partial charge on any atom is -0.489 e. The van der Waals surface area contributed by atoms with Crippen LogP contribution in [0.4, 0.5) is 0 Å². The van der Waals surface area contributed by atoms with Crippen LogP contribution in [0, 0.1) is 0 Å². The first kappa shape index (κ1) is 18.8. The normalized spacial score (nSPS) is 11.0. The summed E-state index contributed by atoms with van der Waals surface area (Å²) >= 11 is 0. The van der Waals surface area contributed by atoms with E-state index in [1.165, 1.54) is 6.07 Å². The molecule has 5 rings (SSSR count). The third-order valence-electron chi connectivity index (χ3n) is 5.26. The fourth-order valence-corrected chi connectivity index (χ4v) is 3.75. The summed E-state index contributed by atoms with van der Waals surface area (Å²) in [5.74, 6) is 0.580. The van der Waals surface area contributed by atoms with Gasteiger partial charge in [-0.1, -0.05) is 60.7 Å². The van der Waals surface area contributed by atoms with Crippen LogP contribution in [0.15, 0.2) is 106 Å². The Labute approximate surface area is 178 Å². The molecule has 31 heavy (non-hydrogen) atoms. The van der Waals surface area contributed by atoms with Crippen LogP contribution in [0.3, 0.4) is 0 Å². The Balaban J connectivity index is 1.43. The molecule has 0 aliphatic rings. The number of rotatable bonds is 5. The zero-order chi connectivity index (χ0) is 21.2. The highest BCUT2D eigenvalue weighted by molar-refractivity contribution is 6.09. The van der Waals surface area contributed by atoms with E-state index in [0.717, 1.165) is 21.7 Å². The first-order valence-electron chi connectivity index (χ1n) is 9.96. The maximum Gasteiger partial charge on any atom is 0.336 e. The highest BCUT2D eigenvalue weighted by Crippen LogP contribution is 2.28. The maximum atomic E-state index is 12.6. The molecule has 0 amide bonds. The molecule has 0 saturated heterocycles. The lowest BCUT2D eigenvalue weighted by molar-refractivity contribution is 0.103. The van der Waals surface area contributed by atoms with Crippen LogP contribution >= 0.6 is 0 Å². The number of carbonyl (C=O) groups excluding carboxylic acids is 1. The van der Waals surface area contributed by atoms with Crippen LogP contribution in [-0.2, 0) is 6.61 Å². The highest BCUT2D eigenvalue weighted by Gasteiger charge is 2.11. The Bertz CT molecular complexity index is 1450. The van der Waals surface area contributed by atoms with Crippen molar-refractivity contribution in [2.45, 2.75) is 6.61 Å². The van der Waals surface area contributed by atoms with Crippen LogP contribution in [-0.4, -0.2) is 5.78 Å². The SMILES string of the molecule is O=C(c1ccccc1)c1ccc(OCc2cc(=O)oc3ccc4ccccc4c23)cc1. The average Bonchev–Trinajstić information content (AvgIpc) is 2.82. The molecule has 0 N–H and O–H groups in total. The summed E-state index contributed by atoms with van der Waals surface area (Å²) < 4.78 is 11.4. The van der Waals surface area contributed by atoms with Gasteiger partial charge in [-0.3, -0.25) is 4.79 Å². The molecule has 150 valence electrons. The van der Waals surface area contributed by atoms with Crippen LogP contribution in [0.25, 0.3) is 21.7 Å². The van der Waals surface area contributed by atoms with Gasteiger partial charge in [-0.05, 0) is 41.1 Å². The van der Waals surface area contributed by atoms with Crippen molar-refractivity contribution in [2.24, 2.45) is 0 Å². The molecular formula is C27H18O4. The van der Waals surface area contributed by atoms with Gasteiger partial charge in [0.05, 0.1) is 0 Å². The highest BCUT2D eigenvalue weighted by atomic mass is 16.5. The molecular weight excluding hydrogens is 388 g/mol. The summed E-state index contributed by atoms with van der Waals surface area (Å²) in [4.78, 5) is 24.6. The number of ketones is 1. The lowest BCUT2D eigenvalue weighted by Crippen LogP contribution is -2.05. The van der Waals surface area contributed by atoms with Crippen LogP contribution in [0.1, 0.15) is 21.5 Å². The van der Waals surface area contributed by atoms with E-state index in [2.05, 4.69) is 0 Å². The van der Waals surface area contributed by atoms with E-state index >= 15 is 0 Å². The van der Waals surface area contributed by atoms with Gasteiger partial charge in [-0.2, -0.15) is 0 Å². The number of carbonyl (C=O) groups is 1. The third-order valence-corrected chi connectivity index (χ3v) is 5.26. The molecule has 4 nitrogen and oxygen atoms in total. The lowest BCUT2D eigenvalue weighted by atomic mass is 10.0. The summed E-state index contributed by atoms with van der Waals surface area (Å²) in [6.45, 7) is 0.210. The van der Waals surface area contributed by atoms with Crippen LogP contribution < -0.4 is 10.4 Å². The van der Waals surface area contributed by atoms with E-state index in [9.17, 15) is 9.59 Å². The van der Waals surface area contributed by atoms with Crippen molar-refractivity contribution in [3.05, 3.63) is 124 Å². The summed E-state index contributed by atoms with van der Waals surface area (Å²) in [6, 6.07) is 29.4. The first-order chi connectivity index (χ1) is 15.2. The molecule has 0 spiro atoms. The minimum absolute atomic E-state index is 0.0368. The number of benzene rings is 4. The quantitative estimate of drug-likeness (QED) is 0.212. The Hall–Kier alpha value is -4.18. The summed E-state index contributed by atoms with van der Waals surface area (Å²) in [5, 5.41) is 2.94. The maximum absolute atomic E-state index is 12.6. The Kier molecular flexibility index (Phi) is 4.81. The molecule has 4 aromatic carbocycles. The fourth-order valence-electron chi connectivity index (χ4n) is 3.75. The van der Waals surface area contributed by atoms with Crippen molar-refractivity contribution in [3.63, 3.8) is 0 Å². The second kappa shape index (κ2) is 7.92. The number of fused-ring (bicyclic) bond motifs is 3. The average molecular weight is 406 g/mol. The molecule has 0 fully saturated rings. The van der Waals surface area contributed by atoms with E-state index in [4.69, 9.17) is 9.15 Å². The fraction of sp³-hybridized carbons (Fsp3) is 0.0370. The van der Waals surface area contributed by atoms with Gasteiger partial charge in [0.25, 0.3) is 0 Å². The van der Waals surface area contributed by atoms with Crippen molar-refractivity contribution in [2.75, 3.05) is 0 Å². The van der Waals surface area contributed by atoms with Crippen LogP contribution in [0.2, 0.25) is 0 Å². The molecule has 0 saturated carbocycles. The van der Waals surface area contributed by atoms with Crippen LogP contribution in [0.5, 0.6) is 5.75 Å². The molecule has 0 aliphatic heterocycles. The van der Waals surface area contributed by atoms with Gasteiger partial charge >= 0.3 is 5.63 Å². The lowest BCUT2D eigenvalue weighted by Gasteiger charge is -2.11. The van der Waals surface area contributed by atoms with Gasteiger partial charge in [0.2, 0.25) is 0 Å². The van der Waals surface area contributed by atoms with Crippen molar-refractivity contribution in [1.82, 2.24) is 0 Å². The molecule has 0 bridgehead atoms. The standard InChI is InChI=1S/C27H18O4/c28-25-16-21(26-23-9-5-4-6-18(23)12-15-24(26)31-25)17-30-22-13-10-20(11-14-22)27(29)19-7-2-1-3-8-19/h1-16H,17H2. The molecule has 1 heterocycles. The Morgan fingerprint density at radius 3 is 2.29 bits per heavy atom.